The molecule has 0 bridgehead atoms. The average molecular weight is 299 g/mol. The first-order valence-corrected chi connectivity index (χ1v) is 6.41. The number of nitrogen functional groups attached to an aromatic ring is 1. The molecule has 0 atom stereocenters. The van der Waals surface area contributed by atoms with Gasteiger partial charge in [-0.1, -0.05) is 17.9 Å². The fraction of sp³-hybridized carbons (Fsp3) is 0. The molecule has 0 aliphatic rings. The lowest BCUT2D eigenvalue weighted by Gasteiger charge is -1.99. The highest BCUT2D eigenvalue weighted by molar-refractivity contribution is 7.55. The number of hydrogen-bond donors (Lipinski definition) is 2. The molecular formula is C14H9N3O3S. The third-order valence-electron chi connectivity index (χ3n) is 2.47. The molecule has 0 aliphatic carbocycles. The average Bonchev–Trinajstić information content (AvgIpc) is 2.46. The Hall–Kier alpha value is -2.98. The van der Waals surface area contributed by atoms with Gasteiger partial charge in [-0.15, -0.1) is 4.36 Å². The van der Waals surface area contributed by atoms with Crippen LogP contribution in [0.4, 0.5) is 5.82 Å². The lowest BCUT2D eigenvalue weighted by atomic mass is 10.1. The maximum atomic E-state index is 11.5. The molecule has 2 rings (SSSR count). The molecular weight excluding hydrogens is 290 g/mol. The third kappa shape index (κ3) is 3.75. The van der Waals surface area contributed by atoms with E-state index >= 15 is 0 Å². The summed E-state index contributed by atoms with van der Waals surface area (Å²) in [6, 6.07) is 7.86. The number of pyridine rings is 1. The maximum Gasteiger partial charge on any atom is 0.293 e. The number of carbonyl (C=O) groups is 1. The molecule has 21 heavy (non-hydrogen) atoms. The number of benzene rings is 1. The van der Waals surface area contributed by atoms with E-state index in [2.05, 4.69) is 21.2 Å². The van der Waals surface area contributed by atoms with Gasteiger partial charge >= 0.3 is 0 Å². The van der Waals surface area contributed by atoms with Gasteiger partial charge in [-0.3, -0.25) is 4.79 Å². The van der Waals surface area contributed by atoms with Crippen molar-refractivity contribution in [2.24, 2.45) is 4.36 Å². The lowest BCUT2D eigenvalue weighted by molar-refractivity contribution is 0.101. The number of anilines is 1. The van der Waals surface area contributed by atoms with E-state index in [-0.39, 0.29) is 28.6 Å². The fourth-order valence-electron chi connectivity index (χ4n) is 1.53. The molecule has 1 aromatic heterocycles. The van der Waals surface area contributed by atoms with Gasteiger partial charge in [-0.2, -0.15) is 4.21 Å². The van der Waals surface area contributed by atoms with Crippen LogP contribution in [0.2, 0.25) is 0 Å². The maximum absolute atomic E-state index is 11.5. The predicted octanol–water partition coefficient (Wildman–Crippen LogP) is 1.31. The molecule has 0 unspecified atom stereocenters. The van der Waals surface area contributed by atoms with Crippen molar-refractivity contribution in [3.05, 3.63) is 53.2 Å². The minimum atomic E-state index is -0.749. The third-order valence-corrected chi connectivity index (χ3v) is 2.71. The Morgan fingerprint density at radius 1 is 1.29 bits per heavy atom. The number of hydrogen-bond acceptors (Lipinski definition) is 5. The van der Waals surface area contributed by atoms with Crippen LogP contribution >= 0.6 is 0 Å². The number of carbonyl (C=O) groups excluding carboxylic acids is 1. The van der Waals surface area contributed by atoms with Gasteiger partial charge in [0.15, 0.2) is 0 Å². The number of rotatable bonds is 1. The first-order chi connectivity index (χ1) is 10.1. The highest BCUT2D eigenvalue weighted by Gasteiger charge is 2.10. The quantitative estimate of drug-likeness (QED) is 0.772. The van der Waals surface area contributed by atoms with Crippen molar-refractivity contribution < 1.29 is 14.1 Å². The summed E-state index contributed by atoms with van der Waals surface area (Å²) in [5.74, 6) is 4.96. The number of amides is 1. The standard InChI is InChI=1S/C14H9N3O3S/c15-13-12(14(19)17-21-20)7-10(8-16-13)5-4-9-2-1-3-11(18)6-9/h1-3,6-8,18H,(H2,15,16). The zero-order valence-electron chi connectivity index (χ0n) is 10.6. The molecule has 2 aromatic rings. The molecule has 3 N–H and O–H groups in total. The summed E-state index contributed by atoms with van der Waals surface area (Å²) >= 11 is -0.191. The fourth-order valence-corrected chi connectivity index (χ4v) is 1.69. The van der Waals surface area contributed by atoms with Crippen LogP contribution in [-0.4, -0.2) is 20.2 Å². The Morgan fingerprint density at radius 2 is 2.05 bits per heavy atom. The molecule has 7 heteroatoms. The second-order valence-corrected chi connectivity index (χ2v) is 4.26. The van der Waals surface area contributed by atoms with Gasteiger partial charge in [0.2, 0.25) is 11.5 Å². The van der Waals surface area contributed by atoms with Crippen LogP contribution in [-0.2, 0) is 11.5 Å². The summed E-state index contributed by atoms with van der Waals surface area (Å²) < 4.78 is 13.4. The number of nitrogens with two attached hydrogens (primary N) is 1. The molecule has 0 radical (unpaired) electrons. The van der Waals surface area contributed by atoms with E-state index in [1.807, 2.05) is 0 Å². The second kappa shape index (κ2) is 6.45. The van der Waals surface area contributed by atoms with E-state index in [1.165, 1.54) is 24.4 Å². The molecule has 0 fully saturated rings. The summed E-state index contributed by atoms with van der Waals surface area (Å²) in [5, 5.41) is 9.34. The van der Waals surface area contributed by atoms with E-state index < -0.39 is 5.91 Å². The molecule has 0 saturated heterocycles. The van der Waals surface area contributed by atoms with Crippen LogP contribution in [0.15, 0.2) is 40.9 Å². The van der Waals surface area contributed by atoms with Crippen molar-refractivity contribution in [2.75, 3.05) is 5.73 Å². The molecule has 0 saturated carbocycles. The SMILES string of the molecule is Nc1ncc(C#Cc2cccc(O)c2)cc1C(=O)N=S=O. The van der Waals surface area contributed by atoms with Gasteiger partial charge in [0.25, 0.3) is 5.91 Å². The van der Waals surface area contributed by atoms with Gasteiger partial charge in [0.05, 0.1) is 5.56 Å². The Kier molecular flexibility index (Phi) is 4.43. The lowest BCUT2D eigenvalue weighted by Crippen LogP contribution is -2.03. The summed E-state index contributed by atoms with van der Waals surface area (Å²) in [7, 11) is 0. The Bertz CT molecular complexity index is 818. The van der Waals surface area contributed by atoms with Gasteiger partial charge in [-0.05, 0) is 24.3 Å². The van der Waals surface area contributed by atoms with E-state index in [0.717, 1.165) is 0 Å². The van der Waals surface area contributed by atoms with Crippen molar-refractivity contribution in [1.29, 1.82) is 0 Å². The molecule has 1 aromatic carbocycles. The number of nitrogens with zero attached hydrogens (tertiary/aromatic N) is 2. The first kappa shape index (κ1) is 14.4. The zero-order chi connectivity index (χ0) is 15.2. The van der Waals surface area contributed by atoms with E-state index in [9.17, 15) is 14.1 Å². The molecule has 1 heterocycles. The Labute approximate surface area is 123 Å². The normalized spacial score (nSPS) is 9.33. The highest BCUT2D eigenvalue weighted by atomic mass is 32.1. The predicted molar refractivity (Wildman–Crippen MR) is 77.6 cm³/mol. The minimum Gasteiger partial charge on any atom is -0.508 e. The van der Waals surface area contributed by atoms with E-state index in [4.69, 9.17) is 5.73 Å². The molecule has 104 valence electrons. The van der Waals surface area contributed by atoms with Gasteiger partial charge in [0.1, 0.15) is 11.6 Å². The summed E-state index contributed by atoms with van der Waals surface area (Å²) in [6.07, 6.45) is 1.41. The van der Waals surface area contributed by atoms with Crippen molar-refractivity contribution in [3.8, 4) is 17.6 Å². The van der Waals surface area contributed by atoms with Gasteiger partial charge in [0, 0.05) is 17.3 Å². The summed E-state index contributed by atoms with van der Waals surface area (Å²) in [6.45, 7) is 0. The van der Waals surface area contributed by atoms with Crippen LogP contribution in [0, 0.1) is 11.8 Å². The van der Waals surface area contributed by atoms with Crippen LogP contribution in [0.3, 0.4) is 0 Å². The molecule has 6 nitrogen and oxygen atoms in total. The number of phenols is 1. The molecule has 0 spiro atoms. The number of aromatic nitrogens is 1. The Morgan fingerprint density at radius 3 is 2.76 bits per heavy atom. The van der Waals surface area contributed by atoms with Crippen molar-refractivity contribution in [3.63, 3.8) is 0 Å². The molecule has 1 amide bonds. The largest absolute Gasteiger partial charge is 0.508 e. The zero-order valence-corrected chi connectivity index (χ0v) is 11.4. The van der Waals surface area contributed by atoms with Crippen LogP contribution < -0.4 is 5.73 Å². The van der Waals surface area contributed by atoms with E-state index in [0.29, 0.717) is 11.1 Å². The van der Waals surface area contributed by atoms with Crippen molar-refractivity contribution >= 4 is 23.2 Å². The Balaban J connectivity index is 2.36. The highest BCUT2D eigenvalue weighted by Crippen LogP contribution is 2.13. The van der Waals surface area contributed by atoms with Crippen molar-refractivity contribution in [1.82, 2.24) is 4.98 Å². The van der Waals surface area contributed by atoms with E-state index in [1.54, 1.807) is 12.1 Å². The van der Waals surface area contributed by atoms with Crippen LogP contribution in [0.25, 0.3) is 0 Å². The van der Waals surface area contributed by atoms with Crippen LogP contribution in [0.5, 0.6) is 5.75 Å². The smallest absolute Gasteiger partial charge is 0.293 e. The minimum absolute atomic E-state index is 0.0132. The van der Waals surface area contributed by atoms with Crippen LogP contribution in [0.1, 0.15) is 21.5 Å². The van der Waals surface area contributed by atoms with Gasteiger partial charge in [-0.25, -0.2) is 4.98 Å². The molecule has 0 aliphatic heterocycles. The topological polar surface area (TPSA) is 106 Å². The summed E-state index contributed by atoms with van der Waals surface area (Å²) in [4.78, 5) is 15.4. The number of aromatic hydroxyl groups is 1. The monoisotopic (exact) mass is 299 g/mol. The summed E-state index contributed by atoms with van der Waals surface area (Å²) in [5.41, 5.74) is 6.65. The van der Waals surface area contributed by atoms with Crippen molar-refractivity contribution in [2.45, 2.75) is 0 Å². The second-order valence-electron chi connectivity index (χ2n) is 3.93. The number of phenolic OH excluding ortho intramolecular Hbond substituents is 1. The first-order valence-electron chi connectivity index (χ1n) is 5.71. The van der Waals surface area contributed by atoms with Gasteiger partial charge < -0.3 is 10.8 Å².